The summed E-state index contributed by atoms with van der Waals surface area (Å²) in [6.07, 6.45) is 54.0. The lowest BCUT2D eigenvalue weighted by molar-refractivity contribution is -0.161. The van der Waals surface area contributed by atoms with E-state index in [2.05, 4.69) is 48.5 Å². The topological polar surface area (TPSA) is 237 Å². The van der Waals surface area contributed by atoms with Gasteiger partial charge in [-0.15, -0.1) is 0 Å². The fourth-order valence-corrected chi connectivity index (χ4v) is 13.3. The van der Waals surface area contributed by atoms with E-state index in [9.17, 15) is 43.2 Å². The van der Waals surface area contributed by atoms with Crippen molar-refractivity contribution in [3.8, 4) is 0 Å². The Balaban J connectivity index is 5.25. The highest BCUT2D eigenvalue weighted by molar-refractivity contribution is 7.47. The molecular formula is C77H150O17P2. The first-order chi connectivity index (χ1) is 46.3. The van der Waals surface area contributed by atoms with Gasteiger partial charge in [0.05, 0.1) is 26.4 Å². The van der Waals surface area contributed by atoms with E-state index in [1.807, 2.05) is 0 Å². The third kappa shape index (κ3) is 67.9. The molecule has 17 nitrogen and oxygen atoms in total. The molecule has 0 spiro atoms. The largest absolute Gasteiger partial charge is 0.472 e. The van der Waals surface area contributed by atoms with E-state index >= 15 is 0 Å². The molecule has 96 heavy (non-hydrogen) atoms. The minimum absolute atomic E-state index is 0.105. The summed E-state index contributed by atoms with van der Waals surface area (Å²) in [4.78, 5) is 72.9. The molecule has 0 saturated carbocycles. The van der Waals surface area contributed by atoms with Crippen LogP contribution in [0.1, 0.15) is 395 Å². The fraction of sp³-hybridized carbons (Fsp3) is 0.948. The lowest BCUT2D eigenvalue weighted by atomic mass is 9.99. The third-order valence-electron chi connectivity index (χ3n) is 18.6. The molecule has 570 valence electrons. The molecule has 0 fully saturated rings. The molecule has 0 aliphatic rings. The second-order valence-electron chi connectivity index (χ2n) is 28.7. The molecule has 0 amide bonds. The van der Waals surface area contributed by atoms with Gasteiger partial charge >= 0.3 is 39.5 Å². The van der Waals surface area contributed by atoms with Crippen LogP contribution in [0.2, 0.25) is 0 Å². The molecule has 0 aromatic carbocycles. The highest BCUT2D eigenvalue weighted by Gasteiger charge is 2.30. The summed E-state index contributed by atoms with van der Waals surface area (Å²) < 4.78 is 68.6. The van der Waals surface area contributed by atoms with Crippen molar-refractivity contribution in [3.05, 3.63) is 0 Å². The third-order valence-corrected chi connectivity index (χ3v) is 20.5. The number of carbonyl (C=O) groups is 4. The van der Waals surface area contributed by atoms with Crippen LogP contribution in [0.25, 0.3) is 0 Å². The number of hydrogen-bond acceptors (Lipinski definition) is 15. The number of unbranched alkanes of at least 4 members (excludes halogenated alkanes) is 41. The monoisotopic (exact) mass is 1410 g/mol. The second kappa shape index (κ2) is 67.5. The lowest BCUT2D eigenvalue weighted by Crippen LogP contribution is -2.30. The van der Waals surface area contributed by atoms with Gasteiger partial charge in [-0.2, -0.15) is 0 Å². The van der Waals surface area contributed by atoms with Crippen molar-refractivity contribution in [1.29, 1.82) is 0 Å². The van der Waals surface area contributed by atoms with Crippen LogP contribution >= 0.6 is 15.6 Å². The van der Waals surface area contributed by atoms with Gasteiger partial charge in [0.25, 0.3) is 0 Å². The number of esters is 4. The number of phosphoric acid groups is 2. The maximum Gasteiger partial charge on any atom is 0.472 e. The highest BCUT2D eigenvalue weighted by Crippen LogP contribution is 2.45. The zero-order valence-corrected chi connectivity index (χ0v) is 64.6. The Morgan fingerprint density at radius 2 is 0.531 bits per heavy atom. The molecule has 7 atom stereocenters. The van der Waals surface area contributed by atoms with Crippen LogP contribution in [0.3, 0.4) is 0 Å². The van der Waals surface area contributed by atoms with Crippen molar-refractivity contribution >= 4 is 39.5 Å². The van der Waals surface area contributed by atoms with Crippen LogP contribution in [0.15, 0.2) is 0 Å². The smallest absolute Gasteiger partial charge is 0.462 e. The van der Waals surface area contributed by atoms with Gasteiger partial charge in [-0.1, -0.05) is 344 Å². The molecule has 0 bridgehead atoms. The summed E-state index contributed by atoms with van der Waals surface area (Å²) in [5.41, 5.74) is 0. The first kappa shape index (κ1) is 94.1. The van der Waals surface area contributed by atoms with Crippen molar-refractivity contribution in [3.63, 3.8) is 0 Å². The molecule has 0 heterocycles. The van der Waals surface area contributed by atoms with Crippen molar-refractivity contribution in [2.45, 2.75) is 414 Å². The van der Waals surface area contributed by atoms with Gasteiger partial charge in [-0.25, -0.2) is 9.13 Å². The molecule has 0 saturated heterocycles. The zero-order chi connectivity index (χ0) is 70.9. The van der Waals surface area contributed by atoms with Crippen molar-refractivity contribution < 1.29 is 80.2 Å². The summed E-state index contributed by atoms with van der Waals surface area (Å²) in [6, 6.07) is 0. The van der Waals surface area contributed by atoms with Gasteiger partial charge in [0.1, 0.15) is 19.3 Å². The van der Waals surface area contributed by atoms with Crippen LogP contribution in [-0.4, -0.2) is 96.7 Å². The molecule has 0 aliphatic carbocycles. The van der Waals surface area contributed by atoms with Gasteiger partial charge in [0.2, 0.25) is 0 Å². The van der Waals surface area contributed by atoms with Gasteiger partial charge in [0.15, 0.2) is 12.2 Å². The molecule has 3 N–H and O–H groups in total. The number of ether oxygens (including phenoxy) is 4. The number of rotatable bonds is 75. The Kier molecular flexibility index (Phi) is 66.2. The van der Waals surface area contributed by atoms with Crippen LogP contribution in [0.4, 0.5) is 0 Å². The van der Waals surface area contributed by atoms with E-state index in [-0.39, 0.29) is 25.7 Å². The van der Waals surface area contributed by atoms with Gasteiger partial charge < -0.3 is 33.8 Å². The average molecular weight is 1410 g/mol. The number of carbonyl (C=O) groups excluding carboxylic acids is 4. The predicted molar refractivity (Wildman–Crippen MR) is 391 cm³/mol. The minimum atomic E-state index is -4.96. The minimum Gasteiger partial charge on any atom is -0.462 e. The van der Waals surface area contributed by atoms with E-state index in [4.69, 9.17) is 37.0 Å². The summed E-state index contributed by atoms with van der Waals surface area (Å²) in [6.45, 7) is 11.9. The number of phosphoric ester groups is 2. The first-order valence-corrected chi connectivity index (χ1v) is 42.9. The Labute approximate surface area is 588 Å². The highest BCUT2D eigenvalue weighted by atomic mass is 31.2. The zero-order valence-electron chi connectivity index (χ0n) is 62.8. The fourth-order valence-electron chi connectivity index (χ4n) is 11.7. The van der Waals surface area contributed by atoms with Gasteiger partial charge in [0, 0.05) is 25.7 Å². The number of aliphatic hydroxyl groups excluding tert-OH is 1. The normalized spacial score (nSPS) is 14.6. The average Bonchev–Trinajstić information content (AvgIpc) is 3.25. The molecule has 4 unspecified atom stereocenters. The van der Waals surface area contributed by atoms with Crippen LogP contribution < -0.4 is 0 Å². The van der Waals surface area contributed by atoms with Crippen LogP contribution in [-0.2, 0) is 65.4 Å². The summed E-state index contributed by atoms with van der Waals surface area (Å²) in [5.74, 6) is 0.200. The number of aliphatic hydroxyl groups is 1. The molecule has 0 rings (SSSR count). The van der Waals surface area contributed by atoms with E-state index in [1.54, 1.807) is 0 Å². The van der Waals surface area contributed by atoms with Crippen molar-refractivity contribution in [2.24, 2.45) is 17.8 Å². The quantitative estimate of drug-likeness (QED) is 0.0222. The standard InChI is InChI=1S/C77H150O17P2/c1-8-11-12-13-14-15-16-17-18-19-20-21-22-23-31-38-46-53-60-76(81)93-72(64-87-74(79)58-51-44-37-30-26-24-28-35-42-49-56-69(6)9-2)66-91-95(83,84)89-62-71(78)63-90-96(85,86)92-67-73(65-88-75(80)59-52-45-40-33-34-41-48-55-68(4)5)94-77(82)61-54-47-39-32-27-25-29-36-43-50-57-70(7)10-3/h68-73,78H,8-67H2,1-7H3,(H,83,84)(H,85,86)/t69?,70?,71-,72-,73-/m1/s1. The van der Waals surface area contributed by atoms with E-state index in [0.717, 1.165) is 108 Å². The SMILES string of the molecule is CCCCCCCCCCCCCCCCCCCCC(=O)O[C@H](COC(=O)CCCCCCCCCCCCC(C)CC)COP(=O)(O)OC[C@@H](O)COP(=O)(O)OC[C@@H](COC(=O)CCCCCCCCCC(C)C)OC(=O)CCCCCCCCCCCCC(C)CC. The Morgan fingerprint density at radius 3 is 0.792 bits per heavy atom. The Hall–Kier alpha value is -1.94. The van der Waals surface area contributed by atoms with Crippen LogP contribution in [0, 0.1) is 17.8 Å². The second-order valence-corrected chi connectivity index (χ2v) is 31.6. The molecule has 0 aromatic heterocycles. The van der Waals surface area contributed by atoms with Crippen molar-refractivity contribution in [2.75, 3.05) is 39.6 Å². The number of hydrogen-bond donors (Lipinski definition) is 3. The van der Waals surface area contributed by atoms with Crippen LogP contribution in [0.5, 0.6) is 0 Å². The maximum absolute atomic E-state index is 13.1. The molecule has 0 radical (unpaired) electrons. The van der Waals surface area contributed by atoms with Crippen molar-refractivity contribution in [1.82, 2.24) is 0 Å². The lowest BCUT2D eigenvalue weighted by Gasteiger charge is -2.21. The Morgan fingerprint density at radius 1 is 0.302 bits per heavy atom. The summed E-state index contributed by atoms with van der Waals surface area (Å²) in [7, 11) is -9.91. The first-order valence-electron chi connectivity index (χ1n) is 39.9. The summed E-state index contributed by atoms with van der Waals surface area (Å²) >= 11 is 0. The van der Waals surface area contributed by atoms with Gasteiger partial charge in [-0.3, -0.25) is 37.3 Å². The molecule has 19 heteroatoms. The van der Waals surface area contributed by atoms with Gasteiger partial charge in [-0.05, 0) is 43.4 Å². The maximum atomic E-state index is 13.1. The van der Waals surface area contributed by atoms with E-state index in [1.165, 1.54) is 199 Å². The predicted octanol–water partition coefficient (Wildman–Crippen LogP) is 22.6. The van der Waals surface area contributed by atoms with E-state index < -0.39 is 97.5 Å². The molecular weight excluding hydrogens is 1260 g/mol. The molecule has 0 aliphatic heterocycles. The summed E-state index contributed by atoms with van der Waals surface area (Å²) in [5, 5.41) is 10.6. The van der Waals surface area contributed by atoms with E-state index in [0.29, 0.717) is 31.6 Å². The molecule has 0 aromatic rings. The Bertz CT molecular complexity index is 1870.